The lowest BCUT2D eigenvalue weighted by Crippen LogP contribution is -2.23. The molecule has 0 spiro atoms. The number of ether oxygens (including phenoxy) is 2. The van der Waals surface area contributed by atoms with Crippen LogP contribution in [0.15, 0.2) is 106 Å². The third-order valence-electron chi connectivity index (χ3n) is 6.61. The van der Waals surface area contributed by atoms with Crippen LogP contribution >= 0.6 is 43.5 Å². The van der Waals surface area contributed by atoms with Gasteiger partial charge in [0.15, 0.2) is 0 Å². The van der Waals surface area contributed by atoms with E-state index < -0.39 is 29.1 Å². The molecule has 0 aliphatic heterocycles. The molecule has 0 radical (unpaired) electrons. The first-order valence-corrected chi connectivity index (χ1v) is 18.0. The topological polar surface area (TPSA) is 127 Å². The molecule has 0 saturated carbocycles. The van der Waals surface area contributed by atoms with Crippen molar-refractivity contribution in [2.24, 2.45) is 0 Å². The Hall–Kier alpha value is -3.99. The van der Waals surface area contributed by atoms with Crippen LogP contribution in [0.5, 0.6) is 0 Å². The Bertz CT molecular complexity index is 1730. The molecule has 280 valence electrons. The molecule has 0 aliphatic carbocycles. The fourth-order valence-electron chi connectivity index (χ4n) is 4.24. The molecule has 0 saturated heterocycles. The zero-order valence-corrected chi connectivity index (χ0v) is 33.3. The predicted octanol–water partition coefficient (Wildman–Crippen LogP) is 10.9. The summed E-state index contributed by atoms with van der Waals surface area (Å²) in [6, 6.07) is 28.5. The molecular weight excluding hydrogens is 816 g/mol. The molecular formula is C41H47Br2ClO8. The Balaban J connectivity index is 0.000000426. The maximum Gasteiger partial charge on any atom is 0.338 e. The average Bonchev–Trinajstić information content (AvgIpc) is 3.04. The highest BCUT2D eigenvalue weighted by Crippen LogP contribution is 2.24. The number of carbonyl (C=O) groups is 4. The molecule has 1 unspecified atom stereocenters. The van der Waals surface area contributed by atoms with E-state index in [2.05, 4.69) is 31.9 Å². The van der Waals surface area contributed by atoms with Crippen molar-refractivity contribution in [2.75, 3.05) is 0 Å². The van der Waals surface area contributed by atoms with E-state index >= 15 is 0 Å². The maximum atomic E-state index is 12.0. The van der Waals surface area contributed by atoms with Crippen LogP contribution in [0.3, 0.4) is 0 Å². The lowest BCUT2D eigenvalue weighted by molar-refractivity contribution is -0.139. The van der Waals surface area contributed by atoms with Crippen molar-refractivity contribution in [1.29, 1.82) is 0 Å². The molecule has 4 aromatic rings. The van der Waals surface area contributed by atoms with Crippen LogP contribution in [0.4, 0.5) is 0 Å². The number of hydrogen-bond acceptors (Lipinski definition) is 6. The van der Waals surface area contributed by atoms with Gasteiger partial charge < -0.3 is 19.7 Å². The zero-order valence-electron chi connectivity index (χ0n) is 29.4. The summed E-state index contributed by atoms with van der Waals surface area (Å²) in [6.45, 7) is 11.0. The van der Waals surface area contributed by atoms with Gasteiger partial charge in [0.1, 0.15) is 11.2 Å². The molecule has 0 bridgehead atoms. The van der Waals surface area contributed by atoms with Gasteiger partial charge in [0.25, 0.3) is 0 Å². The molecule has 2 N–H and O–H groups in total. The number of carbonyl (C=O) groups excluding carboxylic acids is 2. The molecule has 0 aliphatic rings. The fraction of sp³-hybridized carbons (Fsp3) is 0.317. The molecule has 4 rings (SSSR count). The summed E-state index contributed by atoms with van der Waals surface area (Å²) < 4.78 is 12.4. The highest BCUT2D eigenvalue weighted by molar-refractivity contribution is 9.10. The number of carboxylic acids is 2. The maximum absolute atomic E-state index is 12.0. The number of esters is 2. The average molecular weight is 863 g/mol. The standard InChI is InChI=1S/C20H21BrO4.C12H15ClO2.C8H7BrO2.CH4/c1-20(2,3)25-19(24)15-6-4-13(5-7-15)12-17(18(22)23)14-8-10-16(21)11-9-14;1-12(2,3)15-11(14)10-6-4-9(8-13)5-7-10;9-7-3-1-6(2-4-7)5-8(10)11;/h4-11,17H,12H2,1-3H3,(H,22,23);4-7H,8H2,1-3H3;1-4H,5H2,(H,10,11);1H4. The van der Waals surface area contributed by atoms with Gasteiger partial charge in [-0.25, -0.2) is 9.59 Å². The summed E-state index contributed by atoms with van der Waals surface area (Å²) >= 11 is 12.3. The molecule has 0 aromatic heterocycles. The normalized spacial score (nSPS) is 11.2. The van der Waals surface area contributed by atoms with Crippen LogP contribution in [0.25, 0.3) is 0 Å². The third-order valence-corrected chi connectivity index (χ3v) is 7.98. The summed E-state index contributed by atoms with van der Waals surface area (Å²) in [5, 5.41) is 18.0. The Morgan fingerprint density at radius 3 is 1.33 bits per heavy atom. The zero-order chi connectivity index (χ0) is 38.4. The van der Waals surface area contributed by atoms with E-state index in [-0.39, 0.29) is 25.8 Å². The summed E-state index contributed by atoms with van der Waals surface area (Å²) in [7, 11) is 0. The predicted molar refractivity (Wildman–Crippen MR) is 213 cm³/mol. The van der Waals surface area contributed by atoms with Gasteiger partial charge in [-0.05, 0) is 119 Å². The first kappa shape index (κ1) is 46.0. The lowest BCUT2D eigenvalue weighted by atomic mass is 9.92. The Morgan fingerprint density at radius 2 is 0.981 bits per heavy atom. The van der Waals surface area contributed by atoms with Crippen LogP contribution in [-0.4, -0.2) is 45.3 Å². The minimum atomic E-state index is -0.876. The van der Waals surface area contributed by atoms with E-state index in [1.165, 1.54) is 0 Å². The van der Waals surface area contributed by atoms with Gasteiger partial charge >= 0.3 is 23.9 Å². The van der Waals surface area contributed by atoms with Crippen LogP contribution in [0.1, 0.15) is 97.9 Å². The quantitative estimate of drug-likeness (QED) is 0.126. The van der Waals surface area contributed by atoms with Gasteiger partial charge in [0.2, 0.25) is 0 Å². The van der Waals surface area contributed by atoms with Crippen molar-refractivity contribution in [3.8, 4) is 0 Å². The molecule has 4 aromatic carbocycles. The fourth-order valence-corrected chi connectivity index (χ4v) is 4.94. The van der Waals surface area contributed by atoms with E-state index in [1.807, 2.05) is 77.9 Å². The SMILES string of the molecule is C.CC(C)(C)OC(=O)c1ccc(CC(C(=O)O)c2ccc(Br)cc2)cc1.CC(C)(C)OC(=O)c1ccc(CCl)cc1.O=C(O)Cc1ccc(Br)cc1. The summed E-state index contributed by atoms with van der Waals surface area (Å²) in [5.41, 5.74) is 3.40. The number of alkyl halides is 1. The molecule has 8 nitrogen and oxygen atoms in total. The van der Waals surface area contributed by atoms with Gasteiger partial charge in [0.05, 0.1) is 23.5 Å². The van der Waals surface area contributed by atoms with E-state index in [4.69, 9.17) is 26.2 Å². The number of rotatable bonds is 9. The first-order chi connectivity index (χ1) is 23.8. The van der Waals surface area contributed by atoms with Crippen LogP contribution in [0, 0.1) is 0 Å². The smallest absolute Gasteiger partial charge is 0.338 e. The van der Waals surface area contributed by atoms with Gasteiger partial charge in [-0.3, -0.25) is 9.59 Å². The third kappa shape index (κ3) is 18.0. The van der Waals surface area contributed by atoms with Gasteiger partial charge in [0, 0.05) is 14.8 Å². The van der Waals surface area contributed by atoms with Crippen LogP contribution < -0.4 is 0 Å². The van der Waals surface area contributed by atoms with Crippen molar-refractivity contribution in [1.82, 2.24) is 0 Å². The molecule has 52 heavy (non-hydrogen) atoms. The Morgan fingerprint density at radius 1 is 0.615 bits per heavy atom. The van der Waals surface area contributed by atoms with Gasteiger partial charge in [-0.2, -0.15) is 0 Å². The Labute approximate surface area is 328 Å². The minimum absolute atomic E-state index is 0. The van der Waals surface area contributed by atoms with E-state index in [0.717, 1.165) is 31.2 Å². The highest BCUT2D eigenvalue weighted by atomic mass is 79.9. The number of hydrogen-bond donors (Lipinski definition) is 2. The molecule has 0 fully saturated rings. The highest BCUT2D eigenvalue weighted by Gasteiger charge is 2.22. The lowest BCUT2D eigenvalue weighted by Gasteiger charge is -2.19. The molecule has 0 heterocycles. The van der Waals surface area contributed by atoms with Crippen molar-refractivity contribution in [2.45, 2.75) is 84.8 Å². The second-order valence-electron chi connectivity index (χ2n) is 13.4. The van der Waals surface area contributed by atoms with Crippen molar-refractivity contribution in [3.63, 3.8) is 0 Å². The molecule has 0 amide bonds. The van der Waals surface area contributed by atoms with E-state index in [1.54, 1.807) is 60.7 Å². The molecule has 11 heteroatoms. The number of halogens is 3. The monoisotopic (exact) mass is 860 g/mol. The number of carboxylic acid groups (broad SMARTS) is 2. The van der Waals surface area contributed by atoms with Crippen LogP contribution in [0.2, 0.25) is 0 Å². The van der Waals surface area contributed by atoms with E-state index in [9.17, 15) is 24.3 Å². The van der Waals surface area contributed by atoms with Crippen molar-refractivity contribution >= 4 is 67.3 Å². The van der Waals surface area contributed by atoms with Crippen molar-refractivity contribution < 1.29 is 38.9 Å². The molecule has 1 atom stereocenters. The summed E-state index contributed by atoms with van der Waals surface area (Å²) in [6.07, 6.45) is 0.443. The second-order valence-corrected chi connectivity index (χ2v) is 15.5. The van der Waals surface area contributed by atoms with E-state index in [0.29, 0.717) is 23.4 Å². The summed E-state index contributed by atoms with van der Waals surface area (Å²) in [4.78, 5) is 45.5. The van der Waals surface area contributed by atoms with Gasteiger partial charge in [-0.15, -0.1) is 11.6 Å². The Kier molecular flexibility index (Phi) is 19.0. The largest absolute Gasteiger partial charge is 0.481 e. The first-order valence-electron chi connectivity index (χ1n) is 15.9. The van der Waals surface area contributed by atoms with Gasteiger partial charge in [-0.1, -0.05) is 87.8 Å². The summed E-state index contributed by atoms with van der Waals surface area (Å²) in [5.74, 6) is -2.55. The van der Waals surface area contributed by atoms with Crippen LogP contribution in [-0.2, 0) is 37.8 Å². The van der Waals surface area contributed by atoms with Crippen molar-refractivity contribution in [3.05, 3.63) is 139 Å². The second kappa shape index (κ2) is 21.5. The minimum Gasteiger partial charge on any atom is -0.481 e. The number of benzene rings is 4. The number of aliphatic carboxylic acids is 2.